The van der Waals surface area contributed by atoms with Crippen molar-refractivity contribution in [1.82, 2.24) is 9.13 Å². The van der Waals surface area contributed by atoms with Crippen LogP contribution in [0.5, 0.6) is 0 Å². The first-order valence-corrected chi connectivity index (χ1v) is 8.84. The van der Waals surface area contributed by atoms with Crippen LogP contribution in [-0.2, 0) is 13.6 Å². The Bertz CT molecular complexity index is 939. The molecule has 6 nitrogen and oxygen atoms in total. The molecular weight excluding hydrogens is 369 g/mol. The van der Waals surface area contributed by atoms with E-state index in [0.717, 1.165) is 16.3 Å². The number of nitrogen functional groups attached to an aromatic ring is 1. The highest BCUT2D eigenvalue weighted by Crippen LogP contribution is 2.25. The molecule has 0 amide bonds. The first-order valence-electron chi connectivity index (χ1n) is 7.48. The Morgan fingerprint density at radius 2 is 2.04 bits per heavy atom. The second kappa shape index (κ2) is 7.88. The summed E-state index contributed by atoms with van der Waals surface area (Å²) < 4.78 is 15.3. The van der Waals surface area contributed by atoms with Gasteiger partial charge in [0.05, 0.1) is 10.8 Å². The number of aromatic nitrogens is 2. The van der Waals surface area contributed by atoms with Crippen LogP contribution < -0.4 is 17.0 Å². The second-order valence-corrected chi connectivity index (χ2v) is 6.80. The predicted molar refractivity (Wildman–Crippen MR) is 97.1 cm³/mol. The van der Waals surface area contributed by atoms with Gasteiger partial charge in [-0.1, -0.05) is 18.5 Å². The molecule has 0 saturated heterocycles. The smallest absolute Gasteiger partial charge is 0.332 e. The fourth-order valence-electron chi connectivity index (χ4n) is 2.27. The summed E-state index contributed by atoms with van der Waals surface area (Å²) in [4.78, 5) is 37.5. The summed E-state index contributed by atoms with van der Waals surface area (Å²) in [5, 5.41) is -0.0515. The zero-order valence-electron chi connectivity index (χ0n) is 13.7. The van der Waals surface area contributed by atoms with E-state index in [4.69, 9.17) is 17.3 Å². The van der Waals surface area contributed by atoms with Gasteiger partial charge in [0.2, 0.25) is 0 Å². The van der Waals surface area contributed by atoms with Crippen molar-refractivity contribution in [3.63, 3.8) is 0 Å². The van der Waals surface area contributed by atoms with Crippen molar-refractivity contribution in [3.05, 3.63) is 55.4 Å². The van der Waals surface area contributed by atoms with E-state index in [9.17, 15) is 18.8 Å². The van der Waals surface area contributed by atoms with Gasteiger partial charge in [0.1, 0.15) is 17.2 Å². The molecule has 1 aromatic carbocycles. The summed E-state index contributed by atoms with van der Waals surface area (Å²) in [5.41, 5.74) is 4.41. The SMILES string of the molecule is CCCn1c(N)c(C(=O)CSc2ccc(F)c(Cl)c2)c(=O)n(C)c1=O. The van der Waals surface area contributed by atoms with Gasteiger partial charge in [-0.15, -0.1) is 11.8 Å². The Balaban J connectivity index is 2.34. The number of benzene rings is 1. The van der Waals surface area contributed by atoms with Crippen LogP contribution in [0.4, 0.5) is 10.2 Å². The van der Waals surface area contributed by atoms with Gasteiger partial charge in [0, 0.05) is 18.5 Å². The van der Waals surface area contributed by atoms with Crippen molar-refractivity contribution < 1.29 is 9.18 Å². The lowest BCUT2D eigenvalue weighted by Gasteiger charge is -2.13. The van der Waals surface area contributed by atoms with Crippen LogP contribution in [0.15, 0.2) is 32.7 Å². The minimum absolute atomic E-state index is 0.0515. The molecule has 0 radical (unpaired) electrons. The van der Waals surface area contributed by atoms with Crippen LogP contribution in [0.25, 0.3) is 0 Å². The Kier molecular flexibility index (Phi) is 6.07. The molecular formula is C16H17ClFN3O3S. The number of rotatable bonds is 6. The first-order chi connectivity index (χ1) is 11.8. The Morgan fingerprint density at radius 3 is 2.64 bits per heavy atom. The zero-order chi connectivity index (χ0) is 18.7. The van der Waals surface area contributed by atoms with Crippen LogP contribution in [-0.4, -0.2) is 20.7 Å². The van der Waals surface area contributed by atoms with E-state index in [1.807, 2.05) is 6.92 Å². The van der Waals surface area contributed by atoms with Gasteiger partial charge >= 0.3 is 5.69 Å². The predicted octanol–water partition coefficient (Wildman–Crippen LogP) is 2.31. The number of carbonyl (C=O) groups excluding carboxylic acids is 1. The second-order valence-electron chi connectivity index (χ2n) is 5.35. The van der Waals surface area contributed by atoms with Crippen molar-refractivity contribution in [3.8, 4) is 0 Å². The van der Waals surface area contributed by atoms with E-state index in [0.29, 0.717) is 17.9 Å². The third-order valence-corrected chi connectivity index (χ3v) is 4.85. The first kappa shape index (κ1) is 19.3. The maximum atomic E-state index is 13.2. The molecule has 0 saturated carbocycles. The number of anilines is 1. The van der Waals surface area contributed by atoms with Crippen molar-refractivity contribution >= 4 is 35.0 Å². The van der Waals surface area contributed by atoms with Gasteiger partial charge in [-0.2, -0.15) is 0 Å². The molecule has 2 N–H and O–H groups in total. The number of hydrogen-bond donors (Lipinski definition) is 1. The Hall–Kier alpha value is -2.06. The van der Waals surface area contributed by atoms with Gasteiger partial charge in [-0.25, -0.2) is 9.18 Å². The van der Waals surface area contributed by atoms with Crippen molar-refractivity contribution in [2.24, 2.45) is 7.05 Å². The lowest BCUT2D eigenvalue weighted by molar-refractivity contribution is 0.102. The van der Waals surface area contributed by atoms with Crippen LogP contribution >= 0.6 is 23.4 Å². The molecule has 0 spiro atoms. The number of nitrogens with two attached hydrogens (primary N) is 1. The molecule has 2 rings (SSSR count). The number of carbonyl (C=O) groups is 1. The molecule has 0 unspecified atom stereocenters. The van der Waals surface area contributed by atoms with Gasteiger partial charge < -0.3 is 5.73 Å². The average Bonchev–Trinajstić information content (AvgIpc) is 2.58. The topological polar surface area (TPSA) is 87.1 Å². The van der Waals surface area contributed by atoms with E-state index in [2.05, 4.69) is 0 Å². The summed E-state index contributed by atoms with van der Waals surface area (Å²) in [6.07, 6.45) is 0.624. The molecule has 0 fully saturated rings. The molecule has 0 bridgehead atoms. The van der Waals surface area contributed by atoms with Gasteiger partial charge in [0.25, 0.3) is 5.56 Å². The van der Waals surface area contributed by atoms with E-state index < -0.39 is 22.8 Å². The summed E-state index contributed by atoms with van der Waals surface area (Å²) in [5.74, 6) is -1.28. The highest BCUT2D eigenvalue weighted by atomic mass is 35.5. The van der Waals surface area contributed by atoms with E-state index >= 15 is 0 Å². The maximum absolute atomic E-state index is 13.2. The molecule has 25 heavy (non-hydrogen) atoms. The number of nitrogens with zero attached hydrogens (tertiary/aromatic N) is 2. The van der Waals surface area contributed by atoms with Crippen LogP contribution in [0, 0.1) is 5.82 Å². The summed E-state index contributed by atoms with van der Waals surface area (Å²) in [7, 11) is 1.31. The summed E-state index contributed by atoms with van der Waals surface area (Å²) in [6, 6.07) is 4.08. The van der Waals surface area contributed by atoms with Crippen molar-refractivity contribution in [1.29, 1.82) is 0 Å². The largest absolute Gasteiger partial charge is 0.384 e. The number of thioether (sulfide) groups is 1. The third-order valence-electron chi connectivity index (χ3n) is 3.57. The van der Waals surface area contributed by atoms with Gasteiger partial charge in [0.15, 0.2) is 5.78 Å². The van der Waals surface area contributed by atoms with E-state index in [-0.39, 0.29) is 22.2 Å². The molecule has 0 aliphatic carbocycles. The lowest BCUT2D eigenvalue weighted by Crippen LogP contribution is -2.42. The van der Waals surface area contributed by atoms with Crippen LogP contribution in [0.1, 0.15) is 23.7 Å². The standard InChI is InChI=1S/C16H17ClFN3O3S/c1-3-6-21-14(19)13(15(23)20(2)16(21)24)12(22)8-25-9-4-5-11(18)10(17)7-9/h4-5,7H,3,6,8,19H2,1-2H3. The minimum atomic E-state index is -0.724. The molecule has 0 atom stereocenters. The lowest BCUT2D eigenvalue weighted by atomic mass is 10.2. The number of ketones is 1. The van der Waals surface area contributed by atoms with E-state index in [1.54, 1.807) is 0 Å². The highest BCUT2D eigenvalue weighted by Gasteiger charge is 2.21. The van der Waals surface area contributed by atoms with E-state index in [1.165, 1.54) is 29.8 Å². The van der Waals surface area contributed by atoms with Gasteiger partial charge in [-0.3, -0.25) is 18.7 Å². The Morgan fingerprint density at radius 1 is 1.36 bits per heavy atom. The molecule has 1 heterocycles. The number of halogens is 2. The van der Waals surface area contributed by atoms with Crippen LogP contribution in [0.2, 0.25) is 5.02 Å². The van der Waals surface area contributed by atoms with Gasteiger partial charge in [-0.05, 0) is 24.6 Å². The third kappa shape index (κ3) is 3.96. The number of Topliss-reactive ketones (excluding diaryl/α,β-unsaturated/α-hetero) is 1. The monoisotopic (exact) mass is 385 g/mol. The number of hydrogen-bond acceptors (Lipinski definition) is 5. The molecule has 0 aliphatic heterocycles. The fourth-order valence-corrected chi connectivity index (χ4v) is 3.33. The minimum Gasteiger partial charge on any atom is -0.384 e. The molecule has 1 aromatic heterocycles. The molecule has 2 aromatic rings. The fraction of sp³-hybridized carbons (Fsp3) is 0.312. The summed E-state index contributed by atoms with van der Waals surface area (Å²) >= 11 is 6.81. The summed E-state index contributed by atoms with van der Waals surface area (Å²) in [6.45, 7) is 2.16. The quantitative estimate of drug-likeness (QED) is 0.609. The van der Waals surface area contributed by atoms with Crippen LogP contribution in [0.3, 0.4) is 0 Å². The Labute approximate surface area is 152 Å². The normalized spacial score (nSPS) is 10.9. The zero-order valence-corrected chi connectivity index (χ0v) is 15.3. The highest BCUT2D eigenvalue weighted by molar-refractivity contribution is 8.00. The molecule has 134 valence electrons. The van der Waals surface area contributed by atoms with Crippen molar-refractivity contribution in [2.45, 2.75) is 24.8 Å². The molecule has 0 aliphatic rings. The average molecular weight is 386 g/mol. The maximum Gasteiger partial charge on any atom is 0.332 e. The molecule has 9 heteroatoms. The van der Waals surface area contributed by atoms with Crippen molar-refractivity contribution in [2.75, 3.05) is 11.5 Å².